The van der Waals surface area contributed by atoms with Gasteiger partial charge < -0.3 is 5.32 Å². The van der Waals surface area contributed by atoms with E-state index in [2.05, 4.69) is 21.2 Å². The van der Waals surface area contributed by atoms with E-state index in [4.69, 9.17) is 0 Å². The molecule has 0 aliphatic rings. The van der Waals surface area contributed by atoms with Gasteiger partial charge in [-0.1, -0.05) is 41.9 Å². The molecule has 0 atom stereocenters. The van der Waals surface area contributed by atoms with Gasteiger partial charge in [0, 0.05) is 4.47 Å². The van der Waals surface area contributed by atoms with E-state index >= 15 is 0 Å². The van der Waals surface area contributed by atoms with Gasteiger partial charge in [0.2, 0.25) is 15.9 Å². The third-order valence-electron chi connectivity index (χ3n) is 3.74. The number of hydrogen-bond donors (Lipinski definition) is 1. The number of sulfonamides is 1. The number of carbonyl (C=O) groups is 1. The molecule has 0 saturated carbocycles. The van der Waals surface area contributed by atoms with Gasteiger partial charge in [-0.05, 0) is 41.8 Å². The minimum absolute atomic E-state index is 0.0122. The molecule has 0 fully saturated rings. The molecule has 2 aromatic carbocycles. The van der Waals surface area contributed by atoms with Gasteiger partial charge in [-0.25, -0.2) is 12.8 Å². The van der Waals surface area contributed by atoms with Gasteiger partial charge in [-0.3, -0.25) is 9.10 Å². The van der Waals surface area contributed by atoms with Crippen molar-refractivity contribution in [3.63, 3.8) is 0 Å². The SMILES string of the molecule is CC(C)c1ccc(N(CC(=O)Nc2ccc(Br)cc2F)S(C)(=O)=O)cc1. The molecule has 2 aromatic rings. The fourth-order valence-electron chi connectivity index (χ4n) is 2.34. The van der Waals surface area contributed by atoms with Gasteiger partial charge >= 0.3 is 0 Å². The van der Waals surface area contributed by atoms with Crippen LogP contribution >= 0.6 is 15.9 Å². The molecule has 0 aromatic heterocycles. The zero-order chi connectivity index (χ0) is 19.5. The maximum Gasteiger partial charge on any atom is 0.245 e. The number of nitrogens with one attached hydrogen (secondary N) is 1. The molecule has 1 N–H and O–H groups in total. The van der Waals surface area contributed by atoms with E-state index in [0.717, 1.165) is 16.1 Å². The Bertz CT molecular complexity index is 899. The van der Waals surface area contributed by atoms with Crippen LogP contribution in [0.4, 0.5) is 15.8 Å². The maximum atomic E-state index is 13.8. The van der Waals surface area contributed by atoms with E-state index in [1.165, 1.54) is 12.1 Å². The number of rotatable bonds is 6. The lowest BCUT2D eigenvalue weighted by atomic mass is 10.0. The number of halogens is 2. The normalized spacial score (nSPS) is 11.5. The van der Waals surface area contributed by atoms with Crippen molar-refractivity contribution < 1.29 is 17.6 Å². The first-order valence-electron chi connectivity index (χ1n) is 7.90. The fourth-order valence-corrected chi connectivity index (χ4v) is 3.53. The van der Waals surface area contributed by atoms with Crippen LogP contribution in [0, 0.1) is 5.82 Å². The van der Waals surface area contributed by atoms with E-state index in [0.29, 0.717) is 16.1 Å². The predicted octanol–water partition coefficient (Wildman–Crippen LogP) is 4.12. The summed E-state index contributed by atoms with van der Waals surface area (Å²) in [5, 5.41) is 2.40. The van der Waals surface area contributed by atoms with Crippen LogP contribution in [-0.2, 0) is 14.8 Å². The smallest absolute Gasteiger partial charge is 0.245 e. The highest BCUT2D eigenvalue weighted by Gasteiger charge is 2.21. The Morgan fingerprint density at radius 2 is 1.81 bits per heavy atom. The lowest BCUT2D eigenvalue weighted by Crippen LogP contribution is -2.37. The van der Waals surface area contributed by atoms with Gasteiger partial charge in [-0.15, -0.1) is 0 Å². The Labute approximate surface area is 161 Å². The molecule has 0 spiro atoms. The highest BCUT2D eigenvalue weighted by molar-refractivity contribution is 9.10. The van der Waals surface area contributed by atoms with E-state index in [9.17, 15) is 17.6 Å². The summed E-state index contributed by atoms with van der Waals surface area (Å²) in [5.74, 6) is -0.941. The molecule has 26 heavy (non-hydrogen) atoms. The molecule has 0 saturated heterocycles. The third-order valence-corrected chi connectivity index (χ3v) is 5.37. The van der Waals surface area contributed by atoms with Crippen LogP contribution in [0.15, 0.2) is 46.9 Å². The lowest BCUT2D eigenvalue weighted by Gasteiger charge is -2.22. The molecule has 140 valence electrons. The molecule has 0 bridgehead atoms. The summed E-state index contributed by atoms with van der Waals surface area (Å²) in [6.45, 7) is 3.61. The average molecular weight is 443 g/mol. The number of anilines is 2. The Hall–Kier alpha value is -1.93. The van der Waals surface area contributed by atoms with Crippen molar-refractivity contribution >= 4 is 43.2 Å². The van der Waals surface area contributed by atoms with Crippen molar-refractivity contribution in [3.8, 4) is 0 Å². The largest absolute Gasteiger partial charge is 0.322 e. The number of benzene rings is 2. The first-order valence-corrected chi connectivity index (χ1v) is 10.5. The van der Waals surface area contributed by atoms with Crippen molar-refractivity contribution in [1.82, 2.24) is 0 Å². The molecular formula is C18H20BrFN2O3S. The molecule has 0 aliphatic carbocycles. The Morgan fingerprint density at radius 3 is 2.31 bits per heavy atom. The van der Waals surface area contributed by atoms with E-state index in [1.807, 2.05) is 26.0 Å². The highest BCUT2D eigenvalue weighted by atomic mass is 79.9. The molecule has 0 unspecified atom stereocenters. The topological polar surface area (TPSA) is 66.5 Å². The fraction of sp³-hybridized carbons (Fsp3) is 0.278. The van der Waals surface area contributed by atoms with Gasteiger partial charge in [0.1, 0.15) is 12.4 Å². The van der Waals surface area contributed by atoms with Crippen LogP contribution in [0.1, 0.15) is 25.3 Å². The second-order valence-corrected chi connectivity index (χ2v) is 9.01. The van der Waals surface area contributed by atoms with Crippen molar-refractivity contribution in [2.75, 3.05) is 22.4 Å². The molecule has 0 heterocycles. The monoisotopic (exact) mass is 442 g/mol. The Balaban J connectivity index is 2.21. The molecule has 5 nitrogen and oxygen atoms in total. The Kier molecular flexibility index (Phi) is 6.41. The van der Waals surface area contributed by atoms with Crippen molar-refractivity contribution in [1.29, 1.82) is 0 Å². The van der Waals surface area contributed by atoms with Crippen LogP contribution < -0.4 is 9.62 Å². The second-order valence-electron chi connectivity index (χ2n) is 6.19. The van der Waals surface area contributed by atoms with Gasteiger partial charge in [0.15, 0.2) is 0 Å². The van der Waals surface area contributed by atoms with Crippen LogP contribution in [0.25, 0.3) is 0 Å². The van der Waals surface area contributed by atoms with Crippen LogP contribution in [0.2, 0.25) is 0 Å². The first-order chi connectivity index (χ1) is 12.1. The zero-order valence-electron chi connectivity index (χ0n) is 14.7. The standard InChI is InChI=1S/C18H20BrFN2O3S/c1-12(2)13-4-7-15(8-5-13)22(26(3,24)25)11-18(23)21-17-9-6-14(19)10-16(17)20/h4-10,12H,11H2,1-3H3,(H,21,23). The number of hydrogen-bond acceptors (Lipinski definition) is 3. The third kappa shape index (κ3) is 5.28. The number of nitrogens with zero attached hydrogens (tertiary/aromatic N) is 1. The average Bonchev–Trinajstić information content (AvgIpc) is 2.54. The minimum atomic E-state index is -3.68. The predicted molar refractivity (Wildman–Crippen MR) is 105 cm³/mol. The first kappa shape index (κ1) is 20.4. The van der Waals surface area contributed by atoms with Gasteiger partial charge in [0.25, 0.3) is 0 Å². The molecular weight excluding hydrogens is 423 g/mol. The quantitative estimate of drug-likeness (QED) is 0.731. The summed E-state index contributed by atoms with van der Waals surface area (Å²) in [5.41, 5.74) is 1.42. The summed E-state index contributed by atoms with van der Waals surface area (Å²) in [7, 11) is -3.68. The summed E-state index contributed by atoms with van der Waals surface area (Å²) >= 11 is 3.14. The molecule has 0 radical (unpaired) electrons. The van der Waals surface area contributed by atoms with E-state index < -0.39 is 28.3 Å². The lowest BCUT2D eigenvalue weighted by molar-refractivity contribution is -0.114. The van der Waals surface area contributed by atoms with Gasteiger partial charge in [0.05, 0.1) is 17.6 Å². The molecule has 0 aliphatic heterocycles. The summed E-state index contributed by atoms with van der Waals surface area (Å²) in [6.07, 6.45) is 1.02. The number of carbonyl (C=O) groups excluding carboxylic acids is 1. The Morgan fingerprint density at radius 1 is 1.19 bits per heavy atom. The van der Waals surface area contributed by atoms with Crippen molar-refractivity contribution in [3.05, 3.63) is 58.3 Å². The van der Waals surface area contributed by atoms with Crippen LogP contribution in [0.5, 0.6) is 0 Å². The minimum Gasteiger partial charge on any atom is -0.322 e. The van der Waals surface area contributed by atoms with Crippen LogP contribution in [0.3, 0.4) is 0 Å². The van der Waals surface area contributed by atoms with Gasteiger partial charge in [-0.2, -0.15) is 0 Å². The van der Waals surface area contributed by atoms with Crippen molar-refractivity contribution in [2.45, 2.75) is 19.8 Å². The molecule has 1 amide bonds. The van der Waals surface area contributed by atoms with E-state index in [1.54, 1.807) is 18.2 Å². The summed E-state index contributed by atoms with van der Waals surface area (Å²) in [4.78, 5) is 12.3. The van der Waals surface area contributed by atoms with Crippen molar-refractivity contribution in [2.24, 2.45) is 0 Å². The molecule has 8 heteroatoms. The zero-order valence-corrected chi connectivity index (χ0v) is 17.1. The maximum absolute atomic E-state index is 13.8. The summed E-state index contributed by atoms with van der Waals surface area (Å²) in [6, 6.07) is 11.2. The molecule has 2 rings (SSSR count). The summed E-state index contributed by atoms with van der Waals surface area (Å²) < 4.78 is 39.6. The highest BCUT2D eigenvalue weighted by Crippen LogP contribution is 2.23. The second kappa shape index (κ2) is 8.18. The van der Waals surface area contributed by atoms with Crippen LogP contribution in [-0.4, -0.2) is 27.1 Å². The van der Waals surface area contributed by atoms with E-state index in [-0.39, 0.29) is 5.69 Å². The number of amides is 1.